The molecule has 0 atom stereocenters. The molecule has 0 amide bonds. The van der Waals surface area contributed by atoms with Crippen LogP contribution in [-0.2, 0) is 0 Å². The van der Waals surface area contributed by atoms with E-state index >= 15 is 0 Å². The lowest BCUT2D eigenvalue weighted by molar-refractivity contribution is 0.343. The molecule has 0 saturated heterocycles. The van der Waals surface area contributed by atoms with E-state index in [4.69, 9.17) is 10.5 Å². The minimum absolute atomic E-state index is 0.0943. The molecule has 0 radical (unpaired) electrons. The lowest BCUT2D eigenvalue weighted by Gasteiger charge is -2.16. The van der Waals surface area contributed by atoms with Crippen LogP contribution >= 0.6 is 15.9 Å². The van der Waals surface area contributed by atoms with Crippen molar-refractivity contribution >= 4 is 33.1 Å². The zero-order valence-electron chi connectivity index (χ0n) is 9.67. The van der Waals surface area contributed by atoms with Gasteiger partial charge in [-0.05, 0) is 17.7 Å². The van der Waals surface area contributed by atoms with Gasteiger partial charge in [-0.2, -0.15) is 9.97 Å². The molecule has 0 saturated carbocycles. The molecule has 1 aliphatic rings. The summed E-state index contributed by atoms with van der Waals surface area (Å²) in [6.07, 6.45) is 0. The predicted octanol–water partition coefficient (Wildman–Crippen LogP) is 2.04. The fraction of sp³-hybridized carbons (Fsp3) is 0.0833. The van der Waals surface area contributed by atoms with Crippen molar-refractivity contribution in [3.63, 3.8) is 0 Å². The van der Waals surface area contributed by atoms with Gasteiger partial charge in [0.2, 0.25) is 5.88 Å². The molecule has 0 aliphatic carbocycles. The average Bonchev–Trinajstić information content (AvgIpc) is 2.39. The fourth-order valence-electron chi connectivity index (χ4n) is 1.74. The van der Waals surface area contributed by atoms with Gasteiger partial charge in [0.15, 0.2) is 11.5 Å². The number of aromatic hydroxyl groups is 1. The molecular formula is C12H9BrN4O2. The monoisotopic (exact) mass is 320 g/mol. The SMILES string of the molecule is Nc1nc(O)nc2c1N=C(c1ccc(Br)cc1)CO2. The van der Waals surface area contributed by atoms with Crippen LogP contribution in [0.15, 0.2) is 33.7 Å². The molecule has 0 unspecified atom stereocenters. The van der Waals surface area contributed by atoms with Crippen molar-refractivity contribution in [3.8, 4) is 11.9 Å². The van der Waals surface area contributed by atoms with Crippen LogP contribution in [-0.4, -0.2) is 27.4 Å². The summed E-state index contributed by atoms with van der Waals surface area (Å²) in [5.74, 6) is 0.294. The molecule has 0 bridgehead atoms. The number of rotatable bonds is 1. The lowest BCUT2D eigenvalue weighted by Crippen LogP contribution is -2.17. The normalized spacial score (nSPS) is 13.4. The van der Waals surface area contributed by atoms with E-state index in [0.29, 0.717) is 5.69 Å². The molecule has 2 aromatic rings. The second kappa shape index (κ2) is 4.51. The molecule has 1 aliphatic heterocycles. The van der Waals surface area contributed by atoms with Gasteiger partial charge in [0.05, 0.1) is 5.71 Å². The van der Waals surface area contributed by atoms with E-state index in [1.54, 1.807) is 0 Å². The van der Waals surface area contributed by atoms with E-state index in [9.17, 15) is 5.11 Å². The Morgan fingerprint density at radius 1 is 1.21 bits per heavy atom. The Bertz CT molecular complexity index is 670. The van der Waals surface area contributed by atoms with Gasteiger partial charge in [-0.25, -0.2) is 4.99 Å². The van der Waals surface area contributed by atoms with Gasteiger partial charge in [-0.1, -0.05) is 28.1 Å². The smallest absolute Gasteiger partial charge is 0.319 e. The Balaban J connectivity index is 2.06. The number of ether oxygens (including phenoxy) is 1. The topological polar surface area (TPSA) is 93.6 Å². The highest BCUT2D eigenvalue weighted by Crippen LogP contribution is 2.35. The number of halogens is 1. The number of aromatic nitrogens is 2. The van der Waals surface area contributed by atoms with Crippen LogP contribution in [0.4, 0.5) is 11.5 Å². The van der Waals surface area contributed by atoms with E-state index in [1.807, 2.05) is 24.3 Å². The van der Waals surface area contributed by atoms with E-state index in [0.717, 1.165) is 15.7 Å². The number of hydrogen-bond donors (Lipinski definition) is 2. The van der Waals surface area contributed by atoms with Gasteiger partial charge in [0, 0.05) is 4.47 Å². The lowest BCUT2D eigenvalue weighted by atomic mass is 10.1. The minimum Gasteiger partial charge on any atom is -0.479 e. The number of nitrogen functional groups attached to an aromatic ring is 1. The number of anilines is 1. The number of nitrogens with zero attached hydrogens (tertiary/aromatic N) is 3. The summed E-state index contributed by atoms with van der Waals surface area (Å²) in [6.45, 7) is 0.268. The van der Waals surface area contributed by atoms with E-state index in [1.165, 1.54) is 0 Å². The van der Waals surface area contributed by atoms with Gasteiger partial charge in [-0.15, -0.1) is 0 Å². The predicted molar refractivity (Wildman–Crippen MR) is 73.9 cm³/mol. The third-order valence-electron chi connectivity index (χ3n) is 2.64. The Labute approximate surface area is 117 Å². The van der Waals surface area contributed by atoms with Crippen LogP contribution in [0.2, 0.25) is 0 Å². The van der Waals surface area contributed by atoms with Crippen molar-refractivity contribution in [2.45, 2.75) is 0 Å². The molecule has 3 N–H and O–H groups in total. The number of aliphatic imine (C=N–C) groups is 1. The first kappa shape index (κ1) is 11.9. The summed E-state index contributed by atoms with van der Waals surface area (Å²) < 4.78 is 6.44. The van der Waals surface area contributed by atoms with Crippen LogP contribution in [0.5, 0.6) is 11.9 Å². The summed E-state index contributed by atoms with van der Waals surface area (Å²) in [5, 5.41) is 9.25. The molecule has 7 heteroatoms. The Hall–Kier alpha value is -2.15. The van der Waals surface area contributed by atoms with Crippen molar-refractivity contribution in [1.29, 1.82) is 0 Å². The molecule has 19 heavy (non-hydrogen) atoms. The summed E-state index contributed by atoms with van der Waals surface area (Å²) in [5.41, 5.74) is 7.72. The first-order chi connectivity index (χ1) is 9.13. The molecule has 96 valence electrons. The average molecular weight is 321 g/mol. The third kappa shape index (κ3) is 2.24. The molecule has 6 nitrogen and oxygen atoms in total. The van der Waals surface area contributed by atoms with Crippen LogP contribution in [0, 0.1) is 0 Å². The quantitative estimate of drug-likeness (QED) is 0.838. The Morgan fingerprint density at radius 2 is 1.95 bits per heavy atom. The molecule has 0 fully saturated rings. The van der Waals surface area contributed by atoms with Crippen molar-refractivity contribution in [1.82, 2.24) is 9.97 Å². The minimum atomic E-state index is -0.418. The third-order valence-corrected chi connectivity index (χ3v) is 3.17. The highest BCUT2D eigenvalue weighted by atomic mass is 79.9. The summed E-state index contributed by atoms with van der Waals surface area (Å²) in [4.78, 5) is 11.8. The van der Waals surface area contributed by atoms with Gasteiger partial charge in [0.25, 0.3) is 0 Å². The number of hydrogen-bond acceptors (Lipinski definition) is 6. The maximum absolute atomic E-state index is 9.25. The Morgan fingerprint density at radius 3 is 2.68 bits per heavy atom. The molecule has 1 aromatic carbocycles. The Kier molecular flexibility index (Phi) is 2.83. The van der Waals surface area contributed by atoms with Crippen molar-refractivity contribution in [2.75, 3.05) is 12.3 Å². The standard InChI is InChI=1S/C12H9BrN4O2/c13-7-3-1-6(2-4-7)8-5-19-11-9(15-8)10(14)16-12(18)17-11/h1-4H,5H2,(H3,14,16,17,18). The first-order valence-corrected chi connectivity index (χ1v) is 6.25. The maximum Gasteiger partial charge on any atom is 0.319 e. The fourth-order valence-corrected chi connectivity index (χ4v) is 2.00. The zero-order valence-corrected chi connectivity index (χ0v) is 11.3. The number of nitrogens with two attached hydrogens (primary N) is 1. The molecule has 0 spiro atoms. The maximum atomic E-state index is 9.25. The van der Waals surface area contributed by atoms with Gasteiger partial charge in [-0.3, -0.25) is 0 Å². The molecular weight excluding hydrogens is 312 g/mol. The van der Waals surface area contributed by atoms with E-state index in [-0.39, 0.29) is 18.3 Å². The van der Waals surface area contributed by atoms with Gasteiger partial charge >= 0.3 is 6.01 Å². The van der Waals surface area contributed by atoms with Crippen LogP contribution in [0.3, 0.4) is 0 Å². The highest BCUT2D eigenvalue weighted by Gasteiger charge is 2.20. The first-order valence-electron chi connectivity index (χ1n) is 5.46. The summed E-state index contributed by atoms with van der Waals surface area (Å²) in [7, 11) is 0. The van der Waals surface area contributed by atoms with Crippen molar-refractivity contribution in [2.24, 2.45) is 4.99 Å². The molecule has 1 aromatic heterocycles. The van der Waals surface area contributed by atoms with Gasteiger partial charge < -0.3 is 15.6 Å². The number of benzene rings is 1. The van der Waals surface area contributed by atoms with E-state index < -0.39 is 6.01 Å². The van der Waals surface area contributed by atoms with Gasteiger partial charge in [0.1, 0.15) is 6.61 Å². The van der Waals surface area contributed by atoms with Crippen molar-refractivity contribution in [3.05, 3.63) is 34.3 Å². The van der Waals surface area contributed by atoms with Crippen LogP contribution in [0.1, 0.15) is 5.56 Å². The van der Waals surface area contributed by atoms with E-state index in [2.05, 4.69) is 30.9 Å². The second-order valence-electron chi connectivity index (χ2n) is 3.92. The van der Waals surface area contributed by atoms with Crippen LogP contribution in [0.25, 0.3) is 0 Å². The summed E-state index contributed by atoms with van der Waals surface area (Å²) >= 11 is 3.38. The summed E-state index contributed by atoms with van der Waals surface area (Å²) in [6, 6.07) is 7.27. The zero-order chi connectivity index (χ0) is 13.4. The second-order valence-corrected chi connectivity index (χ2v) is 4.83. The number of fused-ring (bicyclic) bond motifs is 1. The molecule has 3 rings (SSSR count). The highest BCUT2D eigenvalue weighted by molar-refractivity contribution is 9.10. The van der Waals surface area contributed by atoms with Crippen LogP contribution < -0.4 is 10.5 Å². The molecule has 2 heterocycles. The van der Waals surface area contributed by atoms with Crippen molar-refractivity contribution < 1.29 is 9.84 Å². The largest absolute Gasteiger partial charge is 0.479 e.